The molecule has 3 amide bonds. The summed E-state index contributed by atoms with van der Waals surface area (Å²) < 4.78 is 74.0. The molecule has 21 heteroatoms. The number of ketones is 1. The molecular formula is C44H48F3N11O6S. The molecule has 2 aromatic carbocycles. The number of aromatic amines is 1. The molecule has 1 unspecified atom stereocenters. The van der Waals surface area contributed by atoms with Crippen molar-refractivity contribution in [3.63, 3.8) is 0 Å². The van der Waals surface area contributed by atoms with Crippen LogP contribution in [-0.4, -0.2) is 120 Å². The smallest absolute Gasteiger partial charge is 0.301 e. The molecular weight excluding hydrogens is 868 g/mol. The maximum absolute atomic E-state index is 15.6. The summed E-state index contributed by atoms with van der Waals surface area (Å²) in [6.45, 7) is 3.93. The van der Waals surface area contributed by atoms with E-state index in [-0.39, 0.29) is 53.3 Å². The molecule has 3 aliphatic heterocycles. The third-order valence-corrected chi connectivity index (χ3v) is 14.1. The Kier molecular flexibility index (Phi) is 12.8. The molecule has 6 heterocycles. The highest BCUT2D eigenvalue weighted by atomic mass is 32.2. The van der Waals surface area contributed by atoms with Gasteiger partial charge in [-0.1, -0.05) is 6.92 Å². The van der Waals surface area contributed by atoms with Crippen molar-refractivity contribution < 1.29 is 40.8 Å². The largest absolute Gasteiger partial charge is 0.374 e. The molecule has 3 aromatic heterocycles. The van der Waals surface area contributed by atoms with Crippen LogP contribution in [-0.2, 0) is 24.6 Å². The Labute approximate surface area is 373 Å². The summed E-state index contributed by atoms with van der Waals surface area (Å²) in [5.41, 5.74) is 0.699. The third-order valence-electron chi connectivity index (χ3n) is 12.5. The zero-order valence-corrected chi connectivity index (χ0v) is 36.7. The first-order valence-corrected chi connectivity index (χ1v) is 22.8. The maximum atomic E-state index is 15.6. The number of rotatable bonds is 13. The van der Waals surface area contributed by atoms with E-state index in [0.717, 1.165) is 16.4 Å². The van der Waals surface area contributed by atoms with Gasteiger partial charge in [-0.3, -0.25) is 29.2 Å². The van der Waals surface area contributed by atoms with Crippen molar-refractivity contribution >= 4 is 67.8 Å². The predicted molar refractivity (Wildman–Crippen MR) is 237 cm³/mol. The van der Waals surface area contributed by atoms with Crippen molar-refractivity contribution in [2.24, 2.45) is 5.92 Å². The summed E-state index contributed by atoms with van der Waals surface area (Å²) in [6.07, 6.45) is 9.19. The number of halogens is 3. The Hall–Kier alpha value is -6.61. The first-order chi connectivity index (χ1) is 31.1. The van der Waals surface area contributed by atoms with Crippen LogP contribution in [0.5, 0.6) is 0 Å². The molecule has 0 saturated carbocycles. The van der Waals surface area contributed by atoms with Crippen molar-refractivity contribution in [3.05, 3.63) is 89.8 Å². The van der Waals surface area contributed by atoms with Gasteiger partial charge >= 0.3 is 10.2 Å². The highest BCUT2D eigenvalue weighted by Crippen LogP contribution is 2.32. The fourth-order valence-corrected chi connectivity index (χ4v) is 9.45. The number of pyridine rings is 1. The van der Waals surface area contributed by atoms with E-state index in [0.29, 0.717) is 86.7 Å². The van der Waals surface area contributed by atoms with Crippen molar-refractivity contribution in [1.29, 1.82) is 0 Å². The van der Waals surface area contributed by atoms with Gasteiger partial charge in [0.15, 0.2) is 5.82 Å². The molecule has 0 radical (unpaired) electrons. The number of carbonyl (C=O) groups is 4. The Bertz CT molecular complexity index is 2760. The van der Waals surface area contributed by atoms with Crippen LogP contribution in [0, 0.1) is 23.4 Å². The van der Waals surface area contributed by atoms with Crippen molar-refractivity contribution in [2.45, 2.75) is 57.5 Å². The Balaban J connectivity index is 0.852. The lowest BCUT2D eigenvalue weighted by Crippen LogP contribution is -2.49. The lowest BCUT2D eigenvalue weighted by Gasteiger charge is -2.40. The molecule has 0 aliphatic carbocycles. The van der Waals surface area contributed by atoms with Crippen molar-refractivity contribution in [1.82, 2.24) is 34.5 Å². The van der Waals surface area contributed by atoms with E-state index in [1.807, 2.05) is 21.7 Å². The molecule has 0 bridgehead atoms. The van der Waals surface area contributed by atoms with Crippen LogP contribution in [0.25, 0.3) is 22.2 Å². The highest BCUT2D eigenvalue weighted by molar-refractivity contribution is 7.90. The van der Waals surface area contributed by atoms with E-state index in [1.54, 1.807) is 43.7 Å². The van der Waals surface area contributed by atoms with Gasteiger partial charge in [0.1, 0.15) is 23.3 Å². The molecule has 3 fully saturated rings. The van der Waals surface area contributed by atoms with Crippen molar-refractivity contribution in [2.75, 3.05) is 66.7 Å². The van der Waals surface area contributed by atoms with Gasteiger partial charge in [-0.15, -0.1) is 0 Å². The second kappa shape index (κ2) is 18.5. The average Bonchev–Trinajstić information content (AvgIpc) is 3.74. The Morgan fingerprint density at radius 1 is 0.862 bits per heavy atom. The molecule has 0 spiro atoms. The molecule has 17 nitrogen and oxygen atoms in total. The molecule has 3 saturated heterocycles. The van der Waals surface area contributed by atoms with Gasteiger partial charge in [-0.2, -0.15) is 12.7 Å². The van der Waals surface area contributed by atoms with E-state index in [1.165, 1.54) is 19.3 Å². The monoisotopic (exact) mass is 915 g/mol. The number of amides is 3. The topological polar surface area (TPSA) is 206 Å². The van der Waals surface area contributed by atoms with Gasteiger partial charge in [-0.05, 0) is 68.5 Å². The summed E-state index contributed by atoms with van der Waals surface area (Å²) in [6, 6.07) is 7.51. The van der Waals surface area contributed by atoms with E-state index in [2.05, 4.69) is 35.3 Å². The van der Waals surface area contributed by atoms with Gasteiger partial charge < -0.3 is 25.0 Å². The number of piperidine rings is 3. The predicted octanol–water partition coefficient (Wildman–Crippen LogP) is 4.84. The lowest BCUT2D eigenvalue weighted by atomic mass is 9.93. The minimum atomic E-state index is -4.16. The number of nitrogens with one attached hydrogen (secondary N) is 4. The quantitative estimate of drug-likeness (QED) is 0.0926. The van der Waals surface area contributed by atoms with Crippen LogP contribution in [0.4, 0.5) is 36.2 Å². The van der Waals surface area contributed by atoms with E-state index < -0.39 is 56.6 Å². The zero-order chi connectivity index (χ0) is 46.2. The molecule has 4 N–H and O–H groups in total. The average molecular weight is 916 g/mol. The summed E-state index contributed by atoms with van der Waals surface area (Å²) in [7, 11) is -1.04. The summed E-state index contributed by atoms with van der Waals surface area (Å²) in [4.78, 5) is 73.2. The number of benzene rings is 2. The fourth-order valence-electron chi connectivity index (χ4n) is 8.52. The molecule has 5 aromatic rings. The normalized spacial score (nSPS) is 17.7. The van der Waals surface area contributed by atoms with Crippen LogP contribution in [0.2, 0.25) is 0 Å². The molecule has 342 valence electrons. The number of imide groups is 1. The highest BCUT2D eigenvalue weighted by Gasteiger charge is 2.34. The number of fused-ring (bicyclic) bond motifs is 1. The Morgan fingerprint density at radius 2 is 1.55 bits per heavy atom. The van der Waals surface area contributed by atoms with Gasteiger partial charge in [0.25, 0.3) is 0 Å². The van der Waals surface area contributed by atoms with Crippen molar-refractivity contribution in [3.8, 4) is 11.1 Å². The first-order valence-electron chi connectivity index (χ1n) is 21.3. The number of hydrogen-bond acceptors (Lipinski definition) is 12. The molecule has 1 atom stereocenters. The second-order valence-electron chi connectivity index (χ2n) is 16.5. The molecule has 3 aliphatic rings. The lowest BCUT2D eigenvalue weighted by molar-refractivity contribution is -0.137. The van der Waals surface area contributed by atoms with Gasteiger partial charge in [0, 0.05) is 118 Å². The zero-order valence-electron chi connectivity index (χ0n) is 35.9. The second-order valence-corrected chi connectivity index (χ2v) is 18.2. The molecule has 65 heavy (non-hydrogen) atoms. The Morgan fingerprint density at radius 3 is 2.23 bits per heavy atom. The number of aromatic nitrogens is 4. The van der Waals surface area contributed by atoms with Gasteiger partial charge in [0.05, 0.1) is 16.9 Å². The summed E-state index contributed by atoms with van der Waals surface area (Å²) in [5.74, 6) is -4.34. The number of nitrogens with zero attached hydrogens (tertiary/aromatic N) is 7. The third kappa shape index (κ3) is 9.33. The number of carbonyl (C=O) groups excluding carboxylic acids is 4. The van der Waals surface area contributed by atoms with E-state index >= 15 is 13.2 Å². The van der Waals surface area contributed by atoms with Crippen LogP contribution < -0.4 is 25.2 Å². The SMILES string of the molecule is CCN(C)S(=O)(=O)Nc1ccc(F)c(C(=O)c2c[nH]c3ncc(-c4cnc(N5CCC(N(C)C(=O)C6CCN(c7ccc(NC8CCC(=O)NC8=O)cc7F)CC6)CC5)nc4)cc23)c1F. The minimum absolute atomic E-state index is 0.0189. The minimum Gasteiger partial charge on any atom is -0.374 e. The van der Waals surface area contributed by atoms with Gasteiger partial charge in [0.2, 0.25) is 29.5 Å². The maximum Gasteiger partial charge on any atom is 0.301 e. The summed E-state index contributed by atoms with van der Waals surface area (Å²) in [5, 5.41) is 5.57. The fraction of sp³-hybridized carbons (Fsp3) is 0.386. The van der Waals surface area contributed by atoms with Crippen LogP contribution in [0.3, 0.4) is 0 Å². The summed E-state index contributed by atoms with van der Waals surface area (Å²) >= 11 is 0. The van der Waals surface area contributed by atoms with E-state index in [4.69, 9.17) is 0 Å². The molecule has 8 rings (SSSR count). The van der Waals surface area contributed by atoms with E-state index in [9.17, 15) is 27.6 Å². The first kappa shape index (κ1) is 45.0. The number of anilines is 4. The number of hydrogen-bond donors (Lipinski definition) is 4. The standard InChI is InChI=1S/C44H48F3N11O6S/c1-4-55(2)65(63,64)54-34-7-6-32(45)38(39(34)47)40(60)31-24-49-41-30(31)19-26(21-48-41)27-22-50-44(51-23-27)58-17-13-29(14-18-58)56(3)43(62)25-11-15-57(16-12-25)36-9-5-28(20-33(36)46)52-35-8-10-37(59)53-42(35)61/h5-7,9,19-25,29,35,52,54H,4,8,10-18H2,1-3H3,(H,48,49)(H,53,59,61). The number of H-pyrrole nitrogens is 1. The van der Waals surface area contributed by atoms with Crippen LogP contribution in [0.1, 0.15) is 61.4 Å². The van der Waals surface area contributed by atoms with Gasteiger partial charge in [-0.25, -0.2) is 28.1 Å². The van der Waals surface area contributed by atoms with Crippen LogP contribution >= 0.6 is 0 Å². The van der Waals surface area contributed by atoms with Crippen LogP contribution in [0.15, 0.2) is 61.2 Å².